The summed E-state index contributed by atoms with van der Waals surface area (Å²) in [5, 5.41) is 6.27. The summed E-state index contributed by atoms with van der Waals surface area (Å²) in [7, 11) is 1.62. The van der Waals surface area contributed by atoms with Gasteiger partial charge in [0.15, 0.2) is 0 Å². The van der Waals surface area contributed by atoms with Crippen LogP contribution in [0.25, 0.3) is 0 Å². The highest BCUT2D eigenvalue weighted by molar-refractivity contribution is 5.96. The van der Waals surface area contributed by atoms with Gasteiger partial charge in [0.05, 0.1) is 12.7 Å². The van der Waals surface area contributed by atoms with Crippen LogP contribution in [0.5, 0.6) is 11.5 Å². The second-order valence-electron chi connectivity index (χ2n) is 11.7. The first-order valence-electron chi connectivity index (χ1n) is 15.8. The van der Waals surface area contributed by atoms with Crippen LogP contribution in [-0.4, -0.2) is 73.2 Å². The molecule has 234 valence electrons. The minimum Gasteiger partial charge on any atom is -0.496 e. The molecule has 0 aliphatic carbocycles. The van der Waals surface area contributed by atoms with E-state index in [1.165, 1.54) is 0 Å². The van der Waals surface area contributed by atoms with Crippen LogP contribution in [0.3, 0.4) is 0 Å². The molecule has 2 aliphatic rings. The fourth-order valence-corrected chi connectivity index (χ4v) is 6.51. The molecule has 44 heavy (non-hydrogen) atoms. The topological polar surface area (TPSA) is 96.0 Å². The maximum atomic E-state index is 13.1. The lowest BCUT2D eigenvalue weighted by molar-refractivity contribution is 0.0923. The standard InChI is InChI=1S/C35H45N5O4/c1-5-39(6-2)18-19-44-30-15-10-25(11-16-30)22-37-34(41)26-12-17-33(36-23-26)40-28-13-14-29(40)21-27(20-28)38-35(42)31-8-7-9-32(43-4)24(31)3/h7-12,15-17,23,27-29H,5-6,13-14,18-22H2,1-4H3,(H,37,41)(H,38,42)/t27-,28+,29-. The highest BCUT2D eigenvalue weighted by atomic mass is 16.5. The average Bonchev–Trinajstić information content (AvgIpc) is 3.32. The van der Waals surface area contributed by atoms with E-state index in [2.05, 4.69) is 34.3 Å². The van der Waals surface area contributed by atoms with Crippen molar-refractivity contribution >= 4 is 17.6 Å². The van der Waals surface area contributed by atoms with Gasteiger partial charge in [0.25, 0.3) is 11.8 Å². The number of nitrogens with one attached hydrogen (secondary N) is 2. The molecule has 2 saturated heterocycles. The Kier molecular flexibility index (Phi) is 10.4. The Morgan fingerprint density at radius 1 is 0.977 bits per heavy atom. The van der Waals surface area contributed by atoms with Gasteiger partial charge in [0.1, 0.15) is 23.9 Å². The predicted molar refractivity (Wildman–Crippen MR) is 173 cm³/mol. The van der Waals surface area contributed by atoms with Crippen LogP contribution < -0.4 is 25.0 Å². The summed E-state index contributed by atoms with van der Waals surface area (Å²) in [4.78, 5) is 35.3. The quantitative estimate of drug-likeness (QED) is 0.286. The average molecular weight is 600 g/mol. The molecule has 1 aromatic heterocycles. The van der Waals surface area contributed by atoms with Gasteiger partial charge in [-0.1, -0.05) is 32.0 Å². The van der Waals surface area contributed by atoms with Gasteiger partial charge in [-0.05, 0) is 87.7 Å². The number of carbonyl (C=O) groups is 2. The minimum absolute atomic E-state index is 0.0529. The Labute approximate surface area is 260 Å². The fraction of sp³-hybridized carbons (Fsp3) is 0.457. The third kappa shape index (κ3) is 7.33. The number of amides is 2. The second kappa shape index (κ2) is 14.6. The second-order valence-corrected chi connectivity index (χ2v) is 11.7. The Hall–Kier alpha value is -4.11. The van der Waals surface area contributed by atoms with Gasteiger partial charge in [-0.2, -0.15) is 0 Å². The smallest absolute Gasteiger partial charge is 0.253 e. The number of ether oxygens (including phenoxy) is 2. The van der Waals surface area contributed by atoms with Gasteiger partial charge < -0.3 is 29.9 Å². The van der Waals surface area contributed by atoms with Crippen molar-refractivity contribution in [3.63, 3.8) is 0 Å². The molecular weight excluding hydrogens is 554 g/mol. The molecule has 2 fully saturated rings. The van der Waals surface area contributed by atoms with Crippen molar-refractivity contribution in [1.29, 1.82) is 0 Å². The number of aromatic nitrogens is 1. The van der Waals surface area contributed by atoms with Gasteiger partial charge in [-0.25, -0.2) is 4.98 Å². The van der Waals surface area contributed by atoms with Crippen LogP contribution in [0.1, 0.15) is 71.4 Å². The summed E-state index contributed by atoms with van der Waals surface area (Å²) >= 11 is 0. The fourth-order valence-electron chi connectivity index (χ4n) is 6.51. The number of pyridine rings is 1. The molecule has 2 bridgehead atoms. The van der Waals surface area contributed by atoms with Crippen molar-refractivity contribution in [2.45, 2.75) is 71.1 Å². The van der Waals surface area contributed by atoms with Crippen molar-refractivity contribution in [1.82, 2.24) is 20.5 Å². The molecule has 2 amide bonds. The Balaban J connectivity index is 1.11. The van der Waals surface area contributed by atoms with Gasteiger partial charge in [-0.3, -0.25) is 9.59 Å². The van der Waals surface area contributed by atoms with Crippen molar-refractivity contribution in [2.75, 3.05) is 38.3 Å². The molecule has 0 saturated carbocycles. The number of nitrogens with zero attached hydrogens (tertiary/aromatic N) is 3. The van der Waals surface area contributed by atoms with E-state index in [4.69, 9.17) is 14.5 Å². The van der Waals surface area contributed by atoms with E-state index in [9.17, 15) is 9.59 Å². The molecule has 0 radical (unpaired) electrons. The van der Waals surface area contributed by atoms with E-state index in [0.29, 0.717) is 36.4 Å². The van der Waals surface area contributed by atoms with Gasteiger partial charge >= 0.3 is 0 Å². The number of carbonyl (C=O) groups excluding carboxylic acids is 2. The number of fused-ring (bicyclic) bond motifs is 2. The lowest BCUT2D eigenvalue weighted by atomic mass is 9.96. The lowest BCUT2D eigenvalue weighted by Crippen LogP contribution is -2.50. The SMILES string of the molecule is CCN(CC)CCOc1ccc(CNC(=O)c2ccc(N3[C@@H]4CC[C@H]3C[C@@H](NC(=O)c3cccc(OC)c3C)C4)nc2)cc1. The molecule has 2 N–H and O–H groups in total. The van der Waals surface area contributed by atoms with Crippen LogP contribution >= 0.6 is 0 Å². The highest BCUT2D eigenvalue weighted by Crippen LogP contribution is 2.38. The zero-order valence-corrected chi connectivity index (χ0v) is 26.3. The molecular formula is C35H45N5O4. The van der Waals surface area contributed by atoms with Crippen molar-refractivity contribution in [3.05, 3.63) is 83.0 Å². The van der Waals surface area contributed by atoms with E-state index in [1.807, 2.05) is 61.5 Å². The maximum absolute atomic E-state index is 13.1. The number of benzene rings is 2. The van der Waals surface area contributed by atoms with Crippen molar-refractivity contribution in [2.24, 2.45) is 0 Å². The number of anilines is 1. The predicted octanol–water partition coefficient (Wildman–Crippen LogP) is 4.98. The number of piperidine rings is 1. The molecule has 2 aliphatic heterocycles. The number of methoxy groups -OCH3 is 1. The molecule has 3 heterocycles. The number of rotatable bonds is 13. The maximum Gasteiger partial charge on any atom is 0.253 e. The molecule has 5 rings (SSSR count). The first kappa shape index (κ1) is 31.3. The van der Waals surface area contributed by atoms with E-state index < -0.39 is 0 Å². The van der Waals surface area contributed by atoms with Crippen LogP contribution in [0.4, 0.5) is 5.82 Å². The Bertz CT molecular complexity index is 1390. The third-order valence-corrected chi connectivity index (χ3v) is 9.04. The molecule has 3 atom stereocenters. The molecule has 0 unspecified atom stereocenters. The van der Waals surface area contributed by atoms with Crippen LogP contribution in [-0.2, 0) is 6.54 Å². The van der Waals surface area contributed by atoms with E-state index in [1.54, 1.807) is 13.3 Å². The summed E-state index contributed by atoms with van der Waals surface area (Å²) in [5.74, 6) is 2.24. The summed E-state index contributed by atoms with van der Waals surface area (Å²) in [5.41, 5.74) is 3.05. The van der Waals surface area contributed by atoms with Gasteiger partial charge in [0, 0.05) is 48.5 Å². The highest BCUT2D eigenvalue weighted by Gasteiger charge is 2.42. The number of hydrogen-bond acceptors (Lipinski definition) is 7. The first-order valence-corrected chi connectivity index (χ1v) is 15.8. The minimum atomic E-state index is -0.152. The summed E-state index contributed by atoms with van der Waals surface area (Å²) in [6.45, 7) is 10.2. The molecule has 9 nitrogen and oxygen atoms in total. The molecule has 2 aromatic carbocycles. The van der Waals surface area contributed by atoms with Crippen LogP contribution in [0, 0.1) is 6.92 Å². The van der Waals surface area contributed by atoms with Gasteiger partial charge in [-0.15, -0.1) is 0 Å². The van der Waals surface area contributed by atoms with Gasteiger partial charge in [0.2, 0.25) is 0 Å². The molecule has 0 spiro atoms. The Morgan fingerprint density at radius 2 is 1.70 bits per heavy atom. The monoisotopic (exact) mass is 599 g/mol. The Morgan fingerprint density at radius 3 is 2.34 bits per heavy atom. The van der Waals surface area contributed by atoms with E-state index in [0.717, 1.165) is 73.8 Å². The molecule has 9 heteroatoms. The third-order valence-electron chi connectivity index (χ3n) is 9.04. The molecule has 3 aromatic rings. The van der Waals surface area contributed by atoms with E-state index >= 15 is 0 Å². The zero-order chi connectivity index (χ0) is 31.1. The number of hydrogen-bond donors (Lipinski definition) is 2. The summed E-state index contributed by atoms with van der Waals surface area (Å²) in [6.07, 6.45) is 5.54. The summed E-state index contributed by atoms with van der Waals surface area (Å²) in [6, 6.07) is 17.9. The van der Waals surface area contributed by atoms with E-state index in [-0.39, 0.29) is 17.9 Å². The normalized spacial score (nSPS) is 19.1. The van der Waals surface area contributed by atoms with Crippen LogP contribution in [0.15, 0.2) is 60.8 Å². The van der Waals surface area contributed by atoms with Crippen molar-refractivity contribution in [3.8, 4) is 11.5 Å². The summed E-state index contributed by atoms with van der Waals surface area (Å²) < 4.78 is 11.3. The largest absolute Gasteiger partial charge is 0.496 e. The number of likely N-dealkylation sites (N-methyl/N-ethyl adjacent to an activating group) is 1. The van der Waals surface area contributed by atoms with Crippen molar-refractivity contribution < 1.29 is 19.1 Å². The lowest BCUT2D eigenvalue weighted by Gasteiger charge is -2.40. The van der Waals surface area contributed by atoms with Crippen LogP contribution in [0.2, 0.25) is 0 Å². The zero-order valence-electron chi connectivity index (χ0n) is 26.3. The first-order chi connectivity index (χ1) is 21.4.